The first-order valence-corrected chi connectivity index (χ1v) is 12.4. The Balaban J connectivity index is 1.47. The van der Waals surface area contributed by atoms with Crippen molar-refractivity contribution in [1.82, 2.24) is 14.4 Å². The molecule has 0 N–H and O–H groups in total. The number of aryl methyl sites for hydroxylation is 2. The number of amides is 1. The van der Waals surface area contributed by atoms with E-state index in [1.54, 1.807) is 0 Å². The lowest BCUT2D eigenvalue weighted by Gasteiger charge is -2.35. The van der Waals surface area contributed by atoms with Gasteiger partial charge < -0.3 is 9.47 Å². The van der Waals surface area contributed by atoms with Crippen LogP contribution in [-0.4, -0.2) is 46.5 Å². The van der Waals surface area contributed by atoms with Crippen molar-refractivity contribution in [1.29, 1.82) is 0 Å². The first kappa shape index (κ1) is 22.7. The first-order chi connectivity index (χ1) is 16.5. The van der Waals surface area contributed by atoms with Crippen LogP contribution in [0, 0.1) is 0 Å². The summed E-state index contributed by atoms with van der Waals surface area (Å²) in [6, 6.07) is 24.9. The molecule has 0 spiro atoms. The fourth-order valence-electron chi connectivity index (χ4n) is 4.97. The van der Waals surface area contributed by atoms with Gasteiger partial charge in [0.1, 0.15) is 5.69 Å². The quantitative estimate of drug-likeness (QED) is 0.356. The van der Waals surface area contributed by atoms with Crippen molar-refractivity contribution >= 4 is 28.4 Å². The molecule has 1 aliphatic heterocycles. The molecule has 4 nitrogen and oxygen atoms in total. The number of carbonyl (C=O) groups is 1. The van der Waals surface area contributed by atoms with Crippen LogP contribution in [-0.2, 0) is 20.0 Å². The Bertz CT molecular complexity index is 1300. The van der Waals surface area contributed by atoms with Gasteiger partial charge in [-0.1, -0.05) is 67.1 Å². The van der Waals surface area contributed by atoms with Crippen LogP contribution in [0.2, 0.25) is 5.02 Å². The van der Waals surface area contributed by atoms with Gasteiger partial charge in [-0.05, 0) is 47.4 Å². The van der Waals surface area contributed by atoms with Crippen molar-refractivity contribution in [2.45, 2.75) is 19.9 Å². The molecule has 3 aromatic carbocycles. The molecule has 1 aliphatic rings. The van der Waals surface area contributed by atoms with E-state index in [9.17, 15) is 4.79 Å². The topological polar surface area (TPSA) is 28.5 Å². The zero-order chi connectivity index (χ0) is 23.7. The SMILES string of the molecule is CCc1ccc2c(c1)c(-c1ccc(Cl)cc1)c(C(=O)N1CCN(Cc3ccccc3)CC1)n2C. The molecule has 1 saturated heterocycles. The molecule has 0 aliphatic carbocycles. The number of hydrogen-bond donors (Lipinski definition) is 0. The van der Waals surface area contributed by atoms with Crippen LogP contribution < -0.4 is 0 Å². The fourth-order valence-corrected chi connectivity index (χ4v) is 5.10. The number of carbonyl (C=O) groups excluding carboxylic acids is 1. The van der Waals surface area contributed by atoms with Gasteiger partial charge in [-0.2, -0.15) is 0 Å². The predicted octanol–water partition coefficient (Wildman–Crippen LogP) is 6.02. The second-order valence-electron chi connectivity index (χ2n) is 9.05. The average Bonchev–Trinajstić information content (AvgIpc) is 3.16. The summed E-state index contributed by atoms with van der Waals surface area (Å²) >= 11 is 6.18. The summed E-state index contributed by atoms with van der Waals surface area (Å²) in [6.07, 6.45) is 0.956. The van der Waals surface area contributed by atoms with Crippen molar-refractivity contribution in [3.8, 4) is 11.1 Å². The highest BCUT2D eigenvalue weighted by Crippen LogP contribution is 2.36. The summed E-state index contributed by atoms with van der Waals surface area (Å²) in [7, 11) is 2.01. The summed E-state index contributed by atoms with van der Waals surface area (Å²) < 4.78 is 2.07. The molecule has 1 fully saturated rings. The Labute approximate surface area is 206 Å². The summed E-state index contributed by atoms with van der Waals surface area (Å²) in [5.74, 6) is 0.0982. The maximum absolute atomic E-state index is 13.9. The van der Waals surface area contributed by atoms with Crippen molar-refractivity contribution in [3.63, 3.8) is 0 Å². The van der Waals surface area contributed by atoms with E-state index in [1.165, 1.54) is 11.1 Å². The van der Waals surface area contributed by atoms with Crippen molar-refractivity contribution in [2.24, 2.45) is 7.05 Å². The van der Waals surface area contributed by atoms with E-state index >= 15 is 0 Å². The Morgan fingerprint density at radius 3 is 2.26 bits per heavy atom. The maximum Gasteiger partial charge on any atom is 0.271 e. The molecule has 1 aromatic heterocycles. The van der Waals surface area contributed by atoms with E-state index in [0.717, 1.165) is 66.9 Å². The standard InChI is InChI=1S/C29H30ClN3O/c1-3-21-9-14-26-25(19-21)27(23-10-12-24(30)13-11-23)28(31(26)2)29(34)33-17-15-32(16-18-33)20-22-7-5-4-6-8-22/h4-14,19H,3,15-18,20H2,1-2H3. The van der Waals surface area contributed by atoms with Gasteiger partial charge in [0, 0.05) is 61.3 Å². The Morgan fingerprint density at radius 2 is 1.59 bits per heavy atom. The van der Waals surface area contributed by atoms with Gasteiger partial charge in [-0.25, -0.2) is 0 Å². The van der Waals surface area contributed by atoms with E-state index in [1.807, 2.05) is 42.3 Å². The van der Waals surface area contributed by atoms with Gasteiger partial charge >= 0.3 is 0 Å². The second-order valence-corrected chi connectivity index (χ2v) is 9.48. The highest BCUT2D eigenvalue weighted by Gasteiger charge is 2.28. The van der Waals surface area contributed by atoms with Crippen molar-refractivity contribution in [3.05, 3.63) is 94.6 Å². The predicted molar refractivity (Wildman–Crippen MR) is 140 cm³/mol. The van der Waals surface area contributed by atoms with E-state index in [2.05, 4.69) is 58.9 Å². The molecule has 0 radical (unpaired) electrons. The molecule has 0 bridgehead atoms. The number of fused-ring (bicyclic) bond motifs is 1. The van der Waals surface area contributed by atoms with Crippen LogP contribution in [0.15, 0.2) is 72.8 Å². The molecule has 0 saturated carbocycles. The van der Waals surface area contributed by atoms with E-state index in [4.69, 9.17) is 11.6 Å². The highest BCUT2D eigenvalue weighted by atomic mass is 35.5. The third-order valence-corrected chi connectivity index (χ3v) is 7.17. The number of piperazine rings is 1. The molecule has 5 heteroatoms. The van der Waals surface area contributed by atoms with Crippen molar-refractivity contribution < 1.29 is 4.79 Å². The third kappa shape index (κ3) is 4.36. The third-order valence-electron chi connectivity index (χ3n) is 6.92. The minimum absolute atomic E-state index is 0.0982. The van der Waals surface area contributed by atoms with Crippen LogP contribution in [0.5, 0.6) is 0 Å². The molecule has 0 unspecified atom stereocenters. The number of rotatable bonds is 5. The first-order valence-electron chi connectivity index (χ1n) is 12.0. The minimum atomic E-state index is 0.0982. The monoisotopic (exact) mass is 471 g/mol. The lowest BCUT2D eigenvalue weighted by molar-refractivity contribution is 0.0620. The second kappa shape index (κ2) is 9.65. The van der Waals surface area contributed by atoms with Gasteiger partial charge in [0.2, 0.25) is 0 Å². The normalized spacial score (nSPS) is 14.6. The number of hydrogen-bond acceptors (Lipinski definition) is 2. The number of benzene rings is 3. The largest absolute Gasteiger partial charge is 0.339 e. The summed E-state index contributed by atoms with van der Waals surface area (Å²) in [5.41, 5.74) is 6.43. The van der Waals surface area contributed by atoms with Gasteiger partial charge in [-0.3, -0.25) is 9.69 Å². The molecule has 34 heavy (non-hydrogen) atoms. The van der Waals surface area contributed by atoms with Crippen LogP contribution >= 0.6 is 11.6 Å². The molecular formula is C29H30ClN3O. The van der Waals surface area contributed by atoms with Crippen molar-refractivity contribution in [2.75, 3.05) is 26.2 Å². The maximum atomic E-state index is 13.9. The average molecular weight is 472 g/mol. The Hall–Kier alpha value is -3.08. The zero-order valence-electron chi connectivity index (χ0n) is 19.8. The molecule has 174 valence electrons. The summed E-state index contributed by atoms with van der Waals surface area (Å²) in [4.78, 5) is 18.4. The lowest BCUT2D eigenvalue weighted by Crippen LogP contribution is -2.48. The molecular weight excluding hydrogens is 442 g/mol. The van der Waals surface area contributed by atoms with Crippen LogP contribution in [0.4, 0.5) is 0 Å². The van der Waals surface area contributed by atoms with Crippen LogP contribution in [0.25, 0.3) is 22.0 Å². The smallest absolute Gasteiger partial charge is 0.271 e. The van der Waals surface area contributed by atoms with E-state index < -0.39 is 0 Å². The van der Waals surface area contributed by atoms with Gasteiger partial charge in [0.15, 0.2) is 0 Å². The molecule has 4 aromatic rings. The van der Waals surface area contributed by atoms with Gasteiger partial charge in [0.25, 0.3) is 5.91 Å². The fraction of sp³-hybridized carbons (Fsp3) is 0.276. The molecule has 1 amide bonds. The molecule has 0 atom stereocenters. The molecule has 5 rings (SSSR count). The zero-order valence-corrected chi connectivity index (χ0v) is 20.6. The van der Waals surface area contributed by atoms with Crippen LogP contribution in [0.1, 0.15) is 28.5 Å². The number of nitrogens with zero attached hydrogens (tertiary/aromatic N) is 3. The van der Waals surface area contributed by atoms with E-state index in [0.29, 0.717) is 5.02 Å². The molecule has 2 heterocycles. The van der Waals surface area contributed by atoms with Gasteiger partial charge in [0.05, 0.1) is 0 Å². The lowest BCUT2D eigenvalue weighted by atomic mass is 9.99. The number of halogens is 1. The Morgan fingerprint density at radius 1 is 0.882 bits per heavy atom. The van der Waals surface area contributed by atoms with Crippen LogP contribution in [0.3, 0.4) is 0 Å². The highest BCUT2D eigenvalue weighted by molar-refractivity contribution is 6.30. The number of aromatic nitrogens is 1. The van der Waals surface area contributed by atoms with Gasteiger partial charge in [-0.15, -0.1) is 0 Å². The summed E-state index contributed by atoms with van der Waals surface area (Å²) in [6.45, 7) is 6.29. The Kier molecular flexibility index (Phi) is 6.44. The van der Waals surface area contributed by atoms with E-state index in [-0.39, 0.29) is 5.91 Å². The minimum Gasteiger partial charge on any atom is -0.339 e. The summed E-state index contributed by atoms with van der Waals surface area (Å²) in [5, 5.41) is 1.82.